The molecular formula is C18H28N2O2. The molecular weight excluding hydrogens is 276 g/mol. The van der Waals surface area contributed by atoms with E-state index < -0.39 is 0 Å². The third kappa shape index (κ3) is 3.10. The van der Waals surface area contributed by atoms with E-state index in [-0.39, 0.29) is 0 Å². The van der Waals surface area contributed by atoms with Gasteiger partial charge in [-0.25, -0.2) is 0 Å². The summed E-state index contributed by atoms with van der Waals surface area (Å²) in [6, 6.07) is 4.19. The highest BCUT2D eigenvalue weighted by molar-refractivity contribution is 5.06. The Hall–Kier alpha value is -0.840. The lowest BCUT2D eigenvalue weighted by Crippen LogP contribution is -2.44. The van der Waals surface area contributed by atoms with Gasteiger partial charge in [0.25, 0.3) is 0 Å². The van der Waals surface area contributed by atoms with E-state index in [0.717, 1.165) is 37.1 Å². The van der Waals surface area contributed by atoms with Gasteiger partial charge in [-0.2, -0.15) is 0 Å². The number of furan rings is 1. The van der Waals surface area contributed by atoms with E-state index in [9.17, 15) is 0 Å². The smallest absolute Gasteiger partial charge is 0.118 e. The van der Waals surface area contributed by atoms with Crippen molar-refractivity contribution in [2.24, 2.45) is 11.8 Å². The Balaban J connectivity index is 1.36. The zero-order chi connectivity index (χ0) is 14.9. The van der Waals surface area contributed by atoms with Crippen LogP contribution in [0.15, 0.2) is 16.5 Å². The molecule has 0 saturated carbocycles. The molecule has 0 spiro atoms. The summed E-state index contributed by atoms with van der Waals surface area (Å²) in [5.41, 5.74) is 0. The predicted octanol–water partition coefficient (Wildman–Crippen LogP) is 2.52. The van der Waals surface area contributed by atoms with Crippen molar-refractivity contribution < 1.29 is 9.15 Å². The second-order valence-corrected chi connectivity index (χ2v) is 7.34. The van der Waals surface area contributed by atoms with E-state index >= 15 is 0 Å². The van der Waals surface area contributed by atoms with Crippen LogP contribution >= 0.6 is 0 Å². The molecule has 1 aromatic heterocycles. The molecule has 3 fully saturated rings. The standard InChI is InChI=1S/C18H28N2O2/c1-14-4-5-16(22-14)10-20-9-6-15-13-21-18(17(15)11-20)12-19-7-2-3-8-19/h4-5,15,17-18H,2-3,6-13H2,1H3/t15-,17-,18+/m1/s1. The van der Waals surface area contributed by atoms with Gasteiger partial charge in [-0.05, 0) is 63.9 Å². The van der Waals surface area contributed by atoms with Crippen molar-refractivity contribution in [3.63, 3.8) is 0 Å². The van der Waals surface area contributed by atoms with Gasteiger partial charge in [0, 0.05) is 19.0 Å². The monoisotopic (exact) mass is 304 g/mol. The first-order chi connectivity index (χ1) is 10.8. The number of aryl methyl sites for hydroxylation is 1. The number of hydrogen-bond acceptors (Lipinski definition) is 4. The Bertz CT molecular complexity index is 495. The van der Waals surface area contributed by atoms with Crippen LogP contribution in [0.4, 0.5) is 0 Å². The predicted molar refractivity (Wildman–Crippen MR) is 85.7 cm³/mol. The first kappa shape index (κ1) is 14.7. The van der Waals surface area contributed by atoms with Gasteiger partial charge >= 0.3 is 0 Å². The minimum Gasteiger partial charge on any atom is -0.465 e. The number of hydrogen-bond donors (Lipinski definition) is 0. The summed E-state index contributed by atoms with van der Waals surface area (Å²) < 4.78 is 11.9. The van der Waals surface area contributed by atoms with Crippen molar-refractivity contribution in [1.82, 2.24) is 9.80 Å². The molecule has 0 radical (unpaired) electrons. The van der Waals surface area contributed by atoms with Crippen LogP contribution in [0.25, 0.3) is 0 Å². The quantitative estimate of drug-likeness (QED) is 0.855. The zero-order valence-electron chi connectivity index (χ0n) is 13.7. The maximum Gasteiger partial charge on any atom is 0.118 e. The second-order valence-electron chi connectivity index (χ2n) is 7.34. The fourth-order valence-corrected chi connectivity index (χ4v) is 4.44. The minimum atomic E-state index is 0.448. The van der Waals surface area contributed by atoms with Crippen LogP contribution in [0.1, 0.15) is 30.8 Å². The van der Waals surface area contributed by atoms with Crippen LogP contribution in [0.2, 0.25) is 0 Å². The van der Waals surface area contributed by atoms with Crippen molar-refractivity contribution in [2.75, 3.05) is 39.3 Å². The van der Waals surface area contributed by atoms with E-state index in [4.69, 9.17) is 9.15 Å². The average molecular weight is 304 g/mol. The lowest BCUT2D eigenvalue weighted by atomic mass is 9.84. The summed E-state index contributed by atoms with van der Waals surface area (Å²) in [6.07, 6.45) is 4.46. The highest BCUT2D eigenvalue weighted by Gasteiger charge is 2.41. The van der Waals surface area contributed by atoms with Crippen molar-refractivity contribution in [3.8, 4) is 0 Å². The van der Waals surface area contributed by atoms with Crippen LogP contribution in [-0.4, -0.2) is 55.2 Å². The van der Waals surface area contributed by atoms with Crippen LogP contribution in [0.5, 0.6) is 0 Å². The van der Waals surface area contributed by atoms with Crippen molar-refractivity contribution >= 4 is 0 Å². The van der Waals surface area contributed by atoms with Gasteiger partial charge in [0.15, 0.2) is 0 Å². The summed E-state index contributed by atoms with van der Waals surface area (Å²) in [7, 11) is 0. The maximum absolute atomic E-state index is 6.17. The number of ether oxygens (including phenoxy) is 1. The minimum absolute atomic E-state index is 0.448. The van der Waals surface area contributed by atoms with Crippen LogP contribution in [-0.2, 0) is 11.3 Å². The molecule has 3 atom stereocenters. The number of piperidine rings is 1. The molecule has 0 bridgehead atoms. The Morgan fingerprint density at radius 1 is 1.14 bits per heavy atom. The van der Waals surface area contributed by atoms with Gasteiger partial charge in [0.2, 0.25) is 0 Å². The zero-order valence-corrected chi connectivity index (χ0v) is 13.7. The summed E-state index contributed by atoms with van der Waals surface area (Å²) in [4.78, 5) is 5.16. The molecule has 0 aliphatic carbocycles. The SMILES string of the molecule is Cc1ccc(CN2CC[C@@H]3CO[C@@H](CN4CCCC4)[C@@H]3C2)o1. The van der Waals surface area contributed by atoms with Gasteiger partial charge in [-0.3, -0.25) is 4.90 Å². The molecule has 22 heavy (non-hydrogen) atoms. The third-order valence-corrected chi connectivity index (χ3v) is 5.70. The fourth-order valence-electron chi connectivity index (χ4n) is 4.44. The lowest BCUT2D eigenvalue weighted by Gasteiger charge is -2.36. The van der Waals surface area contributed by atoms with Gasteiger partial charge in [0.1, 0.15) is 11.5 Å². The second kappa shape index (κ2) is 6.34. The number of nitrogens with zero attached hydrogens (tertiary/aromatic N) is 2. The summed E-state index contributed by atoms with van der Waals surface area (Å²) in [5, 5.41) is 0. The molecule has 0 unspecified atom stereocenters. The van der Waals surface area contributed by atoms with Crippen LogP contribution in [0, 0.1) is 18.8 Å². The molecule has 4 heterocycles. The fraction of sp³-hybridized carbons (Fsp3) is 0.778. The molecule has 4 heteroatoms. The molecule has 4 rings (SSSR count). The average Bonchev–Trinajstić information content (AvgIpc) is 3.23. The Morgan fingerprint density at radius 3 is 2.77 bits per heavy atom. The van der Waals surface area contributed by atoms with Gasteiger partial charge < -0.3 is 14.1 Å². The number of fused-ring (bicyclic) bond motifs is 1. The van der Waals surface area contributed by atoms with Gasteiger partial charge in [-0.1, -0.05) is 0 Å². The largest absolute Gasteiger partial charge is 0.465 e. The Kier molecular flexibility index (Phi) is 4.25. The van der Waals surface area contributed by atoms with Crippen molar-refractivity contribution in [1.29, 1.82) is 0 Å². The van der Waals surface area contributed by atoms with E-state index in [0.29, 0.717) is 12.0 Å². The molecule has 0 N–H and O–H groups in total. The Labute approximate surface area is 133 Å². The molecule has 0 aromatic carbocycles. The summed E-state index contributed by atoms with van der Waals surface area (Å²) in [5.74, 6) is 3.61. The highest BCUT2D eigenvalue weighted by atomic mass is 16.5. The third-order valence-electron chi connectivity index (χ3n) is 5.70. The number of likely N-dealkylation sites (tertiary alicyclic amines) is 2. The van der Waals surface area contributed by atoms with Gasteiger partial charge in [-0.15, -0.1) is 0 Å². The van der Waals surface area contributed by atoms with E-state index in [1.165, 1.54) is 45.4 Å². The van der Waals surface area contributed by atoms with E-state index in [1.807, 2.05) is 6.92 Å². The first-order valence-corrected chi connectivity index (χ1v) is 8.89. The number of rotatable bonds is 4. The van der Waals surface area contributed by atoms with E-state index in [2.05, 4.69) is 21.9 Å². The Morgan fingerprint density at radius 2 is 2.00 bits per heavy atom. The molecule has 3 aliphatic rings. The first-order valence-electron chi connectivity index (χ1n) is 8.89. The lowest BCUT2D eigenvalue weighted by molar-refractivity contribution is 0.0473. The molecule has 3 saturated heterocycles. The van der Waals surface area contributed by atoms with Crippen LogP contribution < -0.4 is 0 Å². The molecule has 3 aliphatic heterocycles. The van der Waals surface area contributed by atoms with Crippen molar-refractivity contribution in [3.05, 3.63) is 23.7 Å². The van der Waals surface area contributed by atoms with E-state index in [1.54, 1.807) is 0 Å². The summed E-state index contributed by atoms with van der Waals surface area (Å²) in [6.45, 7) is 9.99. The van der Waals surface area contributed by atoms with Crippen molar-refractivity contribution in [2.45, 2.75) is 38.8 Å². The molecule has 122 valence electrons. The molecule has 0 amide bonds. The topological polar surface area (TPSA) is 28.9 Å². The maximum atomic E-state index is 6.17. The van der Waals surface area contributed by atoms with Gasteiger partial charge in [0.05, 0.1) is 19.3 Å². The summed E-state index contributed by atoms with van der Waals surface area (Å²) >= 11 is 0. The molecule has 1 aromatic rings. The van der Waals surface area contributed by atoms with Crippen LogP contribution in [0.3, 0.4) is 0 Å². The molecule has 4 nitrogen and oxygen atoms in total. The highest BCUT2D eigenvalue weighted by Crippen LogP contribution is 2.35. The normalized spacial score (nSPS) is 33.4.